The number of piperazine rings is 1. The number of para-hydroxylation sites is 1. The van der Waals surface area contributed by atoms with Crippen LogP contribution < -0.4 is 35.6 Å². The molecule has 1 unspecified atom stereocenters. The first kappa shape index (κ1) is 46.8. The van der Waals surface area contributed by atoms with E-state index < -0.39 is 19.1 Å². The fourth-order valence-corrected chi connectivity index (χ4v) is 10.6. The third-order valence-electron chi connectivity index (χ3n) is 13.0. The van der Waals surface area contributed by atoms with Crippen molar-refractivity contribution in [3.05, 3.63) is 83.0 Å². The van der Waals surface area contributed by atoms with Crippen molar-refractivity contribution < 1.29 is 33.2 Å². The van der Waals surface area contributed by atoms with Gasteiger partial charge in [-0.05, 0) is 93.5 Å². The summed E-state index contributed by atoms with van der Waals surface area (Å²) in [7, 11) is -0.910. The highest BCUT2D eigenvalue weighted by Crippen LogP contribution is 2.39. The first-order chi connectivity index (χ1) is 31.8. The number of carbonyl (C=O) groups excluding carboxylic acids is 4. The number of amides is 4. The van der Waals surface area contributed by atoms with Crippen molar-refractivity contribution in [2.24, 2.45) is 0 Å². The van der Waals surface area contributed by atoms with Gasteiger partial charge in [0.15, 0.2) is 5.82 Å². The van der Waals surface area contributed by atoms with E-state index in [0.29, 0.717) is 82.6 Å². The molecule has 66 heavy (non-hydrogen) atoms. The van der Waals surface area contributed by atoms with Gasteiger partial charge in [0.1, 0.15) is 29.7 Å². The van der Waals surface area contributed by atoms with E-state index in [1.54, 1.807) is 37.5 Å². The highest BCUT2D eigenvalue weighted by atomic mass is 35.5. The Bertz CT molecular complexity index is 2490. The molecule has 0 aliphatic carbocycles. The third kappa shape index (κ3) is 11.1. The lowest BCUT2D eigenvalue weighted by Gasteiger charge is -2.43. The van der Waals surface area contributed by atoms with Crippen LogP contribution in [0.3, 0.4) is 0 Å². The van der Waals surface area contributed by atoms with E-state index in [-0.39, 0.29) is 24.1 Å². The van der Waals surface area contributed by atoms with E-state index in [9.17, 15) is 23.7 Å². The number of anilines is 5. The number of fused-ring (bicyclic) bond motifs is 1. The molecule has 8 rings (SSSR count). The second-order valence-electron chi connectivity index (χ2n) is 17.8. The Kier molecular flexibility index (Phi) is 14.8. The van der Waals surface area contributed by atoms with Crippen LogP contribution in [-0.2, 0) is 25.5 Å². The fourth-order valence-electron chi connectivity index (χ4n) is 9.34. The number of benzene rings is 3. The maximum absolute atomic E-state index is 13.1. The van der Waals surface area contributed by atoms with Gasteiger partial charge in [0.05, 0.1) is 31.3 Å². The van der Waals surface area contributed by atoms with Crippen LogP contribution in [0.5, 0.6) is 11.5 Å². The summed E-state index contributed by atoms with van der Waals surface area (Å²) in [6, 6.07) is 18.8. The first-order valence-corrected chi connectivity index (χ1v) is 25.9. The molecule has 4 amide bonds. The van der Waals surface area contributed by atoms with Crippen molar-refractivity contribution in [2.45, 2.75) is 76.4 Å². The van der Waals surface area contributed by atoms with Crippen molar-refractivity contribution in [1.29, 1.82) is 0 Å². The van der Waals surface area contributed by atoms with E-state index in [2.05, 4.69) is 41.8 Å². The molecule has 3 fully saturated rings. The fraction of sp³-hybridized carbons (Fsp3) is 0.458. The first-order valence-electron chi connectivity index (χ1n) is 22.9. The zero-order valence-corrected chi connectivity index (χ0v) is 39.5. The molecule has 3 aromatic carbocycles. The average molecular weight is 940 g/mol. The summed E-state index contributed by atoms with van der Waals surface area (Å²) >= 11 is 6.48. The minimum Gasteiger partial charge on any atom is -0.494 e. The molecule has 0 saturated carbocycles. The minimum absolute atomic E-state index is 0.195. The summed E-state index contributed by atoms with van der Waals surface area (Å²) < 4.78 is 24.7. The van der Waals surface area contributed by atoms with Crippen molar-refractivity contribution in [3.63, 3.8) is 0 Å². The molecule has 3 N–H and O–H groups in total. The molecule has 16 nitrogen and oxygen atoms in total. The molecule has 4 aliphatic rings. The maximum atomic E-state index is 13.1. The second-order valence-corrected chi connectivity index (χ2v) is 21.4. The maximum Gasteiger partial charge on any atom is 0.255 e. The summed E-state index contributed by atoms with van der Waals surface area (Å²) in [5, 5.41) is 9.91. The number of halogens is 1. The SMILES string of the molecule is COc1cc(N2CCC(N3CCN(C(=O)CCCCCCOc4ccc5c(c4)CN(C4CCC(=O)NC4=O)C5=O)CC3)CC2)ccc1Nc1ncc(Cl)c(Nc2ccccc2P(C)(C)=O)n1. The predicted molar refractivity (Wildman–Crippen MR) is 257 cm³/mol. The summed E-state index contributed by atoms with van der Waals surface area (Å²) in [6.45, 7) is 9.47. The van der Waals surface area contributed by atoms with Crippen LogP contribution in [0, 0.1) is 0 Å². The lowest BCUT2D eigenvalue weighted by molar-refractivity contribution is -0.137. The van der Waals surface area contributed by atoms with E-state index in [4.69, 9.17) is 21.1 Å². The van der Waals surface area contributed by atoms with Crippen LogP contribution in [0.2, 0.25) is 5.02 Å². The van der Waals surface area contributed by atoms with E-state index in [1.807, 2.05) is 47.4 Å². The number of ether oxygens (including phenoxy) is 2. The molecular formula is C48H59ClN9O7P. The monoisotopic (exact) mass is 939 g/mol. The smallest absolute Gasteiger partial charge is 0.255 e. The highest BCUT2D eigenvalue weighted by Gasteiger charge is 2.39. The normalized spacial score (nSPS) is 18.3. The number of unbranched alkanes of at least 4 members (excludes halogenated alkanes) is 3. The molecule has 0 spiro atoms. The minimum atomic E-state index is -2.55. The molecule has 0 bridgehead atoms. The van der Waals surface area contributed by atoms with Crippen molar-refractivity contribution >= 4 is 76.5 Å². The van der Waals surface area contributed by atoms with Crippen LogP contribution in [0.15, 0.2) is 66.9 Å². The number of rotatable bonds is 17. The lowest BCUT2D eigenvalue weighted by Crippen LogP contribution is -2.54. The van der Waals surface area contributed by atoms with Gasteiger partial charge in [-0.3, -0.25) is 29.4 Å². The van der Waals surface area contributed by atoms with Gasteiger partial charge in [-0.1, -0.05) is 36.6 Å². The number of aromatic nitrogens is 2. The molecule has 350 valence electrons. The largest absolute Gasteiger partial charge is 0.494 e. The zero-order chi connectivity index (χ0) is 46.4. The summed E-state index contributed by atoms with van der Waals surface area (Å²) in [5.41, 5.74) is 3.87. The Morgan fingerprint density at radius 2 is 1.67 bits per heavy atom. The summed E-state index contributed by atoms with van der Waals surface area (Å²) in [6.07, 6.45) is 8.35. The molecule has 18 heteroatoms. The van der Waals surface area contributed by atoms with E-state index >= 15 is 0 Å². The molecule has 4 aliphatic heterocycles. The molecule has 0 radical (unpaired) electrons. The summed E-state index contributed by atoms with van der Waals surface area (Å²) in [5.74, 6) is 1.40. The number of hydrogen-bond donors (Lipinski definition) is 3. The van der Waals surface area contributed by atoms with Gasteiger partial charge >= 0.3 is 0 Å². The highest BCUT2D eigenvalue weighted by molar-refractivity contribution is 7.70. The van der Waals surface area contributed by atoms with Gasteiger partial charge in [0, 0.05) is 87.3 Å². The second kappa shape index (κ2) is 20.9. The zero-order valence-electron chi connectivity index (χ0n) is 37.9. The number of hydrogen-bond acceptors (Lipinski definition) is 13. The summed E-state index contributed by atoms with van der Waals surface area (Å²) in [4.78, 5) is 67.5. The molecule has 5 heterocycles. The quantitative estimate of drug-likeness (QED) is 0.0574. The van der Waals surface area contributed by atoms with E-state index in [1.165, 1.54) is 6.20 Å². The number of nitrogens with one attached hydrogen (secondary N) is 3. The number of methoxy groups -OCH3 is 1. The van der Waals surface area contributed by atoms with Crippen LogP contribution in [0.4, 0.5) is 28.8 Å². The van der Waals surface area contributed by atoms with Crippen molar-refractivity contribution in [2.75, 3.05) is 81.8 Å². The number of carbonyl (C=O) groups is 4. The molecule has 1 atom stereocenters. The molecule has 3 saturated heterocycles. The Hall–Kier alpha value is -5.70. The van der Waals surface area contributed by atoms with Gasteiger partial charge < -0.3 is 39.4 Å². The molecular weight excluding hydrogens is 881 g/mol. The van der Waals surface area contributed by atoms with Crippen LogP contribution in [-0.4, -0.2) is 127 Å². The van der Waals surface area contributed by atoms with Crippen LogP contribution in [0.25, 0.3) is 0 Å². The average Bonchev–Trinajstić information content (AvgIpc) is 3.64. The van der Waals surface area contributed by atoms with Gasteiger partial charge in [0.2, 0.25) is 23.7 Å². The van der Waals surface area contributed by atoms with E-state index in [0.717, 1.165) is 89.0 Å². The molecule has 1 aromatic heterocycles. The number of piperidine rings is 2. The standard InChI is InChI=1S/C48H59ClN9O7P/c1-64-41-29-34(13-16-38(41)52-48-50-30-37(49)45(54-48)51-39-10-7-8-11-42(39)66(2,3)63)55-21-19-33(20-22-55)56-23-25-57(26-24-56)44(60)12-6-4-5-9-27-65-35-14-15-36-32(28-35)31-58(47(36)62)40-17-18-43(59)53-46(40)61/h7-8,10-11,13-16,28-30,33,40H,4-6,9,12,17-27,31H2,1-3H3,(H,53,59,61)(H2,50,51,52,54). The van der Waals surface area contributed by atoms with Gasteiger partial charge in [-0.15, -0.1) is 0 Å². The predicted octanol–water partition coefficient (Wildman–Crippen LogP) is 6.78. The molecule has 4 aromatic rings. The number of imide groups is 1. The topological polar surface area (TPSA) is 179 Å². The Morgan fingerprint density at radius 1 is 0.894 bits per heavy atom. The Balaban J connectivity index is 0.721. The van der Waals surface area contributed by atoms with Gasteiger partial charge in [-0.25, -0.2) is 4.98 Å². The van der Waals surface area contributed by atoms with Crippen molar-refractivity contribution in [3.8, 4) is 11.5 Å². The van der Waals surface area contributed by atoms with Gasteiger partial charge in [-0.2, -0.15) is 4.98 Å². The van der Waals surface area contributed by atoms with Crippen molar-refractivity contribution in [1.82, 2.24) is 30.0 Å². The lowest BCUT2D eigenvalue weighted by atomic mass is 10.0. The Labute approximate surface area is 391 Å². The Morgan fingerprint density at radius 3 is 2.42 bits per heavy atom. The number of nitrogens with zero attached hydrogens (tertiary/aromatic N) is 6. The van der Waals surface area contributed by atoms with Crippen LogP contribution in [0.1, 0.15) is 73.7 Å². The van der Waals surface area contributed by atoms with Crippen LogP contribution >= 0.6 is 18.7 Å². The van der Waals surface area contributed by atoms with Gasteiger partial charge in [0.25, 0.3) is 5.91 Å². The third-order valence-corrected chi connectivity index (χ3v) is 14.8.